The molecule has 0 radical (unpaired) electrons. The molecule has 0 aromatic heterocycles. The topological polar surface area (TPSA) is 67.9 Å². The number of hydrogen-bond donors (Lipinski definition) is 1. The smallest absolute Gasteiger partial charge is 0.242 e. The molecule has 174 valence electrons. The first-order valence-electron chi connectivity index (χ1n) is 11.1. The lowest BCUT2D eigenvalue weighted by Gasteiger charge is -2.30. The highest BCUT2D eigenvalue weighted by Crippen LogP contribution is 2.19. The highest BCUT2D eigenvalue weighted by atomic mass is 35.5. The Balaban J connectivity index is 2.01. The maximum Gasteiger partial charge on any atom is 0.242 e. The van der Waals surface area contributed by atoms with Crippen LogP contribution < -0.4 is 14.8 Å². The Hall–Kier alpha value is -2.73. The van der Waals surface area contributed by atoms with Crippen molar-refractivity contribution in [1.82, 2.24) is 10.2 Å². The van der Waals surface area contributed by atoms with Gasteiger partial charge in [0.15, 0.2) is 0 Å². The highest BCUT2D eigenvalue weighted by molar-refractivity contribution is 6.30. The second kappa shape index (κ2) is 13.6. The molecule has 0 fully saturated rings. The van der Waals surface area contributed by atoms with Gasteiger partial charge >= 0.3 is 0 Å². The Kier molecular flexibility index (Phi) is 10.9. The zero-order chi connectivity index (χ0) is 23.3. The van der Waals surface area contributed by atoms with Crippen molar-refractivity contribution < 1.29 is 19.1 Å². The van der Waals surface area contributed by atoms with Gasteiger partial charge < -0.3 is 19.7 Å². The van der Waals surface area contributed by atoms with Gasteiger partial charge in [0.05, 0.1) is 13.7 Å². The SMILES string of the molecule is CCCNC(=O)C(CC)N(Cc1ccc(Cl)cc1)C(=O)CCCOc1ccc(OC)cc1. The summed E-state index contributed by atoms with van der Waals surface area (Å²) >= 11 is 5.99. The molecule has 0 saturated carbocycles. The van der Waals surface area contributed by atoms with Crippen LogP contribution in [0.4, 0.5) is 0 Å². The first-order valence-corrected chi connectivity index (χ1v) is 11.4. The molecule has 32 heavy (non-hydrogen) atoms. The van der Waals surface area contributed by atoms with Gasteiger partial charge in [0.2, 0.25) is 11.8 Å². The van der Waals surface area contributed by atoms with Gasteiger partial charge in [-0.25, -0.2) is 0 Å². The largest absolute Gasteiger partial charge is 0.497 e. The third-order valence-corrected chi connectivity index (χ3v) is 5.32. The van der Waals surface area contributed by atoms with Crippen LogP contribution in [-0.4, -0.2) is 43.0 Å². The van der Waals surface area contributed by atoms with E-state index in [-0.39, 0.29) is 11.8 Å². The van der Waals surface area contributed by atoms with Gasteiger partial charge in [-0.1, -0.05) is 37.6 Å². The molecule has 1 N–H and O–H groups in total. The Labute approximate surface area is 195 Å². The lowest BCUT2D eigenvalue weighted by molar-refractivity contribution is -0.141. The highest BCUT2D eigenvalue weighted by Gasteiger charge is 2.28. The third-order valence-electron chi connectivity index (χ3n) is 5.06. The van der Waals surface area contributed by atoms with Crippen LogP contribution in [0, 0.1) is 0 Å². The fourth-order valence-corrected chi connectivity index (χ4v) is 3.43. The summed E-state index contributed by atoms with van der Waals surface area (Å²) in [5, 5.41) is 3.56. The lowest BCUT2D eigenvalue weighted by Crippen LogP contribution is -2.49. The van der Waals surface area contributed by atoms with E-state index < -0.39 is 6.04 Å². The number of rotatable bonds is 13. The minimum Gasteiger partial charge on any atom is -0.497 e. The van der Waals surface area contributed by atoms with Crippen molar-refractivity contribution in [3.63, 3.8) is 0 Å². The van der Waals surface area contributed by atoms with E-state index in [0.717, 1.165) is 23.5 Å². The van der Waals surface area contributed by atoms with Gasteiger partial charge in [-0.2, -0.15) is 0 Å². The maximum atomic E-state index is 13.1. The second-order valence-corrected chi connectivity index (χ2v) is 7.93. The van der Waals surface area contributed by atoms with E-state index >= 15 is 0 Å². The predicted molar refractivity (Wildman–Crippen MR) is 127 cm³/mol. The number of carbonyl (C=O) groups is 2. The summed E-state index contributed by atoms with van der Waals surface area (Å²) in [6.07, 6.45) is 2.23. The van der Waals surface area contributed by atoms with Gasteiger partial charge in [0, 0.05) is 24.5 Å². The summed E-state index contributed by atoms with van der Waals surface area (Å²) in [5.41, 5.74) is 0.930. The van der Waals surface area contributed by atoms with Crippen LogP contribution in [0.2, 0.25) is 5.02 Å². The van der Waals surface area contributed by atoms with Crippen LogP contribution in [0.1, 0.15) is 45.1 Å². The fourth-order valence-electron chi connectivity index (χ4n) is 3.30. The summed E-state index contributed by atoms with van der Waals surface area (Å²) in [4.78, 5) is 27.5. The lowest BCUT2D eigenvalue weighted by atomic mass is 10.1. The quantitative estimate of drug-likeness (QED) is 0.434. The molecular formula is C25H33ClN2O4. The maximum absolute atomic E-state index is 13.1. The van der Waals surface area contributed by atoms with Gasteiger partial charge in [-0.15, -0.1) is 0 Å². The normalized spacial score (nSPS) is 11.5. The van der Waals surface area contributed by atoms with E-state index in [1.807, 2.05) is 50.2 Å². The molecule has 1 atom stereocenters. The number of nitrogens with one attached hydrogen (secondary N) is 1. The molecular weight excluding hydrogens is 428 g/mol. The summed E-state index contributed by atoms with van der Waals surface area (Å²) in [7, 11) is 1.61. The van der Waals surface area contributed by atoms with Crippen molar-refractivity contribution in [1.29, 1.82) is 0 Å². The van der Waals surface area contributed by atoms with Crippen LogP contribution in [0.15, 0.2) is 48.5 Å². The Morgan fingerprint density at radius 1 is 1.03 bits per heavy atom. The molecule has 2 amide bonds. The Bertz CT molecular complexity index is 840. The minimum absolute atomic E-state index is 0.0724. The van der Waals surface area contributed by atoms with Crippen molar-refractivity contribution in [3.05, 3.63) is 59.1 Å². The molecule has 2 aromatic rings. The summed E-state index contributed by atoms with van der Waals surface area (Å²) in [6, 6.07) is 14.1. The van der Waals surface area contributed by atoms with Gasteiger partial charge in [0.1, 0.15) is 17.5 Å². The zero-order valence-electron chi connectivity index (χ0n) is 19.1. The molecule has 6 nitrogen and oxygen atoms in total. The molecule has 7 heteroatoms. The van der Waals surface area contributed by atoms with Crippen molar-refractivity contribution in [2.75, 3.05) is 20.3 Å². The van der Waals surface area contributed by atoms with Crippen molar-refractivity contribution in [3.8, 4) is 11.5 Å². The second-order valence-electron chi connectivity index (χ2n) is 7.49. The van der Waals surface area contributed by atoms with E-state index in [2.05, 4.69) is 5.32 Å². The number of ether oxygens (including phenoxy) is 2. The van der Waals surface area contributed by atoms with Gasteiger partial charge in [-0.3, -0.25) is 9.59 Å². The molecule has 0 bridgehead atoms. The number of hydrogen-bond acceptors (Lipinski definition) is 4. The number of methoxy groups -OCH3 is 1. The number of carbonyl (C=O) groups excluding carboxylic acids is 2. The standard InChI is InChI=1S/C25H33ClN2O4/c1-4-16-27-25(30)23(5-2)28(18-19-8-10-20(26)11-9-19)24(29)7-6-17-32-22-14-12-21(31-3)13-15-22/h8-15,23H,4-7,16-18H2,1-3H3,(H,27,30). The molecule has 2 rings (SSSR count). The van der Waals surface area contributed by atoms with Crippen LogP contribution in [0.25, 0.3) is 0 Å². The fraction of sp³-hybridized carbons (Fsp3) is 0.440. The Morgan fingerprint density at radius 2 is 1.69 bits per heavy atom. The van der Waals surface area contributed by atoms with E-state index in [9.17, 15) is 9.59 Å². The number of benzene rings is 2. The summed E-state index contributed by atoms with van der Waals surface area (Å²) < 4.78 is 10.9. The van der Waals surface area contributed by atoms with Gasteiger partial charge in [-0.05, 0) is 61.2 Å². The first kappa shape index (κ1) is 25.5. The third kappa shape index (κ3) is 8.08. The predicted octanol–water partition coefficient (Wildman–Crippen LogP) is 4.84. The summed E-state index contributed by atoms with van der Waals surface area (Å²) in [6.45, 7) is 5.28. The molecule has 0 aliphatic heterocycles. The van der Waals surface area contributed by atoms with E-state index in [1.165, 1.54) is 0 Å². The zero-order valence-corrected chi connectivity index (χ0v) is 19.9. The van der Waals surface area contributed by atoms with Crippen molar-refractivity contribution in [2.24, 2.45) is 0 Å². The number of halogens is 1. The first-order chi connectivity index (χ1) is 15.5. The average Bonchev–Trinajstić information content (AvgIpc) is 2.81. The monoisotopic (exact) mass is 460 g/mol. The van der Waals surface area contributed by atoms with Crippen LogP contribution in [-0.2, 0) is 16.1 Å². The average molecular weight is 461 g/mol. The summed E-state index contributed by atoms with van der Waals surface area (Å²) in [5.74, 6) is 1.29. The van der Waals surface area contributed by atoms with Crippen LogP contribution in [0.5, 0.6) is 11.5 Å². The molecule has 2 aromatic carbocycles. The minimum atomic E-state index is -0.521. The molecule has 0 aliphatic rings. The Morgan fingerprint density at radius 3 is 2.28 bits per heavy atom. The van der Waals surface area contributed by atoms with Gasteiger partial charge in [0.25, 0.3) is 0 Å². The van der Waals surface area contributed by atoms with Crippen LogP contribution in [0.3, 0.4) is 0 Å². The number of amides is 2. The van der Waals surface area contributed by atoms with E-state index in [1.54, 1.807) is 24.1 Å². The van der Waals surface area contributed by atoms with Crippen molar-refractivity contribution >= 4 is 23.4 Å². The van der Waals surface area contributed by atoms with Crippen molar-refractivity contribution in [2.45, 2.75) is 52.1 Å². The van der Waals surface area contributed by atoms with E-state index in [0.29, 0.717) is 44.0 Å². The molecule has 0 heterocycles. The molecule has 0 saturated heterocycles. The van der Waals surface area contributed by atoms with E-state index in [4.69, 9.17) is 21.1 Å². The number of nitrogens with zero attached hydrogens (tertiary/aromatic N) is 1. The van der Waals surface area contributed by atoms with Crippen LogP contribution >= 0.6 is 11.6 Å². The molecule has 1 unspecified atom stereocenters. The molecule has 0 aliphatic carbocycles. The molecule has 0 spiro atoms.